The van der Waals surface area contributed by atoms with Gasteiger partial charge in [0.1, 0.15) is 11.9 Å². The summed E-state index contributed by atoms with van der Waals surface area (Å²) in [5.41, 5.74) is 5.01. The van der Waals surface area contributed by atoms with E-state index in [0.717, 1.165) is 12.8 Å². The SMILES string of the molecule is CC(C)(O)[C@H](F)CNC(=O)c1cnc(-c2cnc3cccnn23)cc1NC1CCOC(c2ccc3cc2-3)C1. The zero-order valence-electron chi connectivity index (χ0n) is 21.2. The first-order chi connectivity index (χ1) is 18.3. The second-order valence-corrected chi connectivity index (χ2v) is 10.4. The third-order valence-corrected chi connectivity index (χ3v) is 7.17. The van der Waals surface area contributed by atoms with E-state index in [2.05, 4.69) is 43.9 Å². The number of nitrogens with zero attached hydrogens (tertiary/aromatic N) is 4. The van der Waals surface area contributed by atoms with E-state index >= 15 is 0 Å². The molecule has 196 valence electrons. The fourth-order valence-electron chi connectivity index (χ4n) is 4.85. The molecule has 0 bridgehead atoms. The van der Waals surface area contributed by atoms with Crippen LogP contribution >= 0.6 is 0 Å². The molecule has 1 fully saturated rings. The fourth-order valence-corrected chi connectivity index (χ4v) is 4.85. The monoisotopic (exact) mass is 516 g/mol. The van der Waals surface area contributed by atoms with Crippen molar-refractivity contribution in [1.82, 2.24) is 24.9 Å². The van der Waals surface area contributed by atoms with Gasteiger partial charge in [-0.2, -0.15) is 5.10 Å². The molecule has 0 saturated carbocycles. The van der Waals surface area contributed by atoms with Crippen LogP contribution in [0.25, 0.3) is 28.2 Å². The highest BCUT2D eigenvalue weighted by atomic mass is 19.1. The molecule has 6 rings (SSSR count). The lowest BCUT2D eigenvalue weighted by atomic mass is 9.97. The second kappa shape index (κ2) is 9.45. The minimum atomic E-state index is -1.62. The Morgan fingerprint density at radius 1 is 1.26 bits per heavy atom. The van der Waals surface area contributed by atoms with Gasteiger partial charge in [-0.25, -0.2) is 13.9 Å². The van der Waals surface area contributed by atoms with Crippen molar-refractivity contribution in [1.29, 1.82) is 0 Å². The van der Waals surface area contributed by atoms with Gasteiger partial charge in [0.2, 0.25) is 0 Å². The maximum atomic E-state index is 14.3. The van der Waals surface area contributed by atoms with Gasteiger partial charge in [0.05, 0.1) is 41.4 Å². The Morgan fingerprint density at radius 3 is 2.89 bits per heavy atom. The number of ether oxygens (including phenoxy) is 1. The van der Waals surface area contributed by atoms with Gasteiger partial charge in [-0.3, -0.25) is 9.78 Å². The number of rotatable bonds is 8. The lowest BCUT2D eigenvalue weighted by Crippen LogP contribution is -2.42. The number of hydrogen-bond donors (Lipinski definition) is 3. The molecule has 1 saturated heterocycles. The molecule has 3 atom stereocenters. The lowest BCUT2D eigenvalue weighted by molar-refractivity contribution is -0.00177. The normalized spacial score (nSPS) is 19.3. The van der Waals surface area contributed by atoms with E-state index in [1.54, 1.807) is 23.0 Å². The molecule has 3 aliphatic rings. The lowest BCUT2D eigenvalue weighted by Gasteiger charge is -2.31. The van der Waals surface area contributed by atoms with Crippen LogP contribution in [0.1, 0.15) is 48.7 Å². The predicted molar refractivity (Wildman–Crippen MR) is 141 cm³/mol. The summed E-state index contributed by atoms with van der Waals surface area (Å²) < 4.78 is 22.1. The van der Waals surface area contributed by atoms with Crippen molar-refractivity contribution in [2.75, 3.05) is 18.5 Å². The molecule has 3 aromatic rings. The molecule has 38 heavy (non-hydrogen) atoms. The Kier molecular flexibility index (Phi) is 6.08. The number of halogens is 1. The Morgan fingerprint density at radius 2 is 2.13 bits per heavy atom. The summed E-state index contributed by atoms with van der Waals surface area (Å²) in [4.78, 5) is 22.1. The van der Waals surface area contributed by atoms with Gasteiger partial charge >= 0.3 is 0 Å². The van der Waals surface area contributed by atoms with E-state index in [1.807, 2.05) is 12.1 Å². The third-order valence-electron chi connectivity index (χ3n) is 7.17. The fraction of sp³-hybridized carbons (Fsp3) is 0.357. The number of nitrogens with one attached hydrogen (secondary N) is 2. The molecular formula is C28H29FN6O3. The van der Waals surface area contributed by atoms with Crippen LogP contribution in [0.5, 0.6) is 0 Å². The van der Waals surface area contributed by atoms with Crippen molar-refractivity contribution in [3.05, 3.63) is 66.1 Å². The Labute approximate surface area is 219 Å². The first-order valence-electron chi connectivity index (χ1n) is 12.7. The summed E-state index contributed by atoms with van der Waals surface area (Å²) >= 11 is 0. The quantitative estimate of drug-likeness (QED) is 0.286. The first-order valence-corrected chi connectivity index (χ1v) is 12.7. The summed E-state index contributed by atoms with van der Waals surface area (Å²) in [7, 11) is 0. The number of hydrogen-bond acceptors (Lipinski definition) is 7. The summed E-state index contributed by atoms with van der Waals surface area (Å²) in [5.74, 6) is -0.478. The maximum absolute atomic E-state index is 14.3. The Hall–Kier alpha value is -3.89. The van der Waals surface area contributed by atoms with Gasteiger partial charge in [-0.15, -0.1) is 0 Å². The summed E-state index contributed by atoms with van der Waals surface area (Å²) in [6.45, 7) is 3.01. The number of pyridine rings is 1. The number of aromatic nitrogens is 4. The average molecular weight is 517 g/mol. The molecule has 1 amide bonds. The second-order valence-electron chi connectivity index (χ2n) is 10.4. The zero-order chi connectivity index (χ0) is 26.4. The van der Waals surface area contributed by atoms with Gasteiger partial charge in [-0.1, -0.05) is 12.1 Å². The molecule has 4 heterocycles. The zero-order valence-corrected chi connectivity index (χ0v) is 21.2. The van der Waals surface area contributed by atoms with Crippen LogP contribution in [0, 0.1) is 0 Å². The van der Waals surface area contributed by atoms with Gasteiger partial charge < -0.3 is 20.5 Å². The minimum Gasteiger partial charge on any atom is -0.387 e. The van der Waals surface area contributed by atoms with Gasteiger partial charge in [0.25, 0.3) is 5.91 Å². The first kappa shape index (κ1) is 24.4. The van der Waals surface area contributed by atoms with Gasteiger partial charge in [0, 0.05) is 25.0 Å². The molecule has 0 radical (unpaired) electrons. The topological polar surface area (TPSA) is 114 Å². The third kappa shape index (κ3) is 4.72. The molecular weight excluding hydrogens is 487 g/mol. The van der Waals surface area contributed by atoms with E-state index < -0.39 is 17.7 Å². The molecule has 9 nitrogen and oxygen atoms in total. The maximum Gasteiger partial charge on any atom is 0.255 e. The molecule has 2 aliphatic carbocycles. The van der Waals surface area contributed by atoms with Crippen molar-refractivity contribution in [2.24, 2.45) is 0 Å². The van der Waals surface area contributed by atoms with Crippen LogP contribution in [0.2, 0.25) is 0 Å². The standard InChI is InChI=1S/C28H29FN6O3/c1-28(2,37)25(29)15-32-27(36)20-13-30-22(23-14-31-26-4-3-8-33-35(23)26)12-21(20)34-17-7-9-38-24(11-17)18-6-5-16-10-19(16)18/h3-6,8,10,12-14,17,24-25,37H,7,9,11,15H2,1-2H3,(H,30,34)(H,32,36)/t17?,24?,25-/m1/s1. The number of amides is 1. The number of fused-ring (bicyclic) bond motifs is 2. The predicted octanol–water partition coefficient (Wildman–Crippen LogP) is 3.94. The van der Waals surface area contributed by atoms with Crippen molar-refractivity contribution in [3.63, 3.8) is 0 Å². The largest absolute Gasteiger partial charge is 0.387 e. The van der Waals surface area contributed by atoms with E-state index in [9.17, 15) is 14.3 Å². The van der Waals surface area contributed by atoms with Crippen LogP contribution < -0.4 is 10.6 Å². The van der Waals surface area contributed by atoms with Crippen molar-refractivity contribution in [3.8, 4) is 22.5 Å². The summed E-state index contributed by atoms with van der Waals surface area (Å²) in [6.07, 6.45) is 4.71. The van der Waals surface area contributed by atoms with E-state index in [-0.39, 0.29) is 24.3 Å². The number of alkyl halides is 1. The van der Waals surface area contributed by atoms with Crippen LogP contribution in [-0.4, -0.2) is 61.6 Å². The van der Waals surface area contributed by atoms with Crippen molar-refractivity contribution >= 4 is 17.2 Å². The number of anilines is 1. The van der Waals surface area contributed by atoms with E-state index in [1.165, 1.54) is 36.7 Å². The van der Waals surface area contributed by atoms with Crippen molar-refractivity contribution in [2.45, 2.75) is 50.6 Å². The smallest absolute Gasteiger partial charge is 0.255 e. The number of carbonyl (C=O) groups excluding carboxylic acids is 1. The number of aliphatic hydroxyl groups is 1. The molecule has 2 unspecified atom stereocenters. The van der Waals surface area contributed by atoms with Crippen LogP contribution in [0.3, 0.4) is 0 Å². The average Bonchev–Trinajstić information content (AvgIpc) is 3.35. The van der Waals surface area contributed by atoms with Gasteiger partial charge in [0.15, 0.2) is 5.65 Å². The van der Waals surface area contributed by atoms with Crippen molar-refractivity contribution < 1.29 is 19.0 Å². The molecule has 0 aromatic carbocycles. The molecule has 10 heteroatoms. The molecule has 3 aromatic heterocycles. The van der Waals surface area contributed by atoms with Crippen LogP contribution in [0.4, 0.5) is 10.1 Å². The highest BCUT2D eigenvalue weighted by Crippen LogP contribution is 2.44. The van der Waals surface area contributed by atoms with Crippen LogP contribution in [-0.2, 0) is 4.74 Å². The molecule has 1 aliphatic heterocycles. The van der Waals surface area contributed by atoms with Gasteiger partial charge in [-0.05, 0) is 67.6 Å². The van der Waals surface area contributed by atoms with E-state index in [4.69, 9.17) is 4.74 Å². The Bertz CT molecular complexity index is 1510. The molecule has 0 spiro atoms. The summed E-state index contributed by atoms with van der Waals surface area (Å²) in [5, 5.41) is 20.4. The van der Waals surface area contributed by atoms with Crippen LogP contribution in [0.15, 0.2) is 55.0 Å². The minimum absolute atomic E-state index is 0.0237. The number of benzene rings is 1. The number of imidazole rings is 1. The Balaban J connectivity index is 1.28. The summed E-state index contributed by atoms with van der Waals surface area (Å²) in [6, 6.07) is 11.9. The highest BCUT2D eigenvalue weighted by molar-refractivity contribution is 6.00. The van der Waals surface area contributed by atoms with E-state index in [0.29, 0.717) is 29.3 Å². The molecule has 3 N–H and O–H groups in total. The highest BCUT2D eigenvalue weighted by Gasteiger charge is 2.31. The number of carbonyl (C=O) groups is 1.